The molecular formula is C21H19N2OS3+. The smallest absolute Gasteiger partial charge is 0.337 e. The highest BCUT2D eigenvalue weighted by Gasteiger charge is 2.42. The van der Waals surface area contributed by atoms with Gasteiger partial charge in [0.15, 0.2) is 11.4 Å². The summed E-state index contributed by atoms with van der Waals surface area (Å²) in [5, 5.41) is 3.13. The zero-order valence-corrected chi connectivity index (χ0v) is 17.5. The van der Waals surface area contributed by atoms with Crippen LogP contribution in [0, 0.1) is 0 Å². The highest BCUT2D eigenvalue weighted by atomic mass is 32.2. The molecule has 2 heterocycles. The lowest BCUT2D eigenvalue weighted by Gasteiger charge is -2.18. The Hall–Kier alpha value is -1.89. The van der Waals surface area contributed by atoms with E-state index in [1.165, 1.54) is 0 Å². The van der Waals surface area contributed by atoms with Crippen LogP contribution in [0.3, 0.4) is 0 Å². The van der Waals surface area contributed by atoms with Gasteiger partial charge >= 0.3 is 5.91 Å². The maximum absolute atomic E-state index is 13.2. The van der Waals surface area contributed by atoms with E-state index in [0.717, 1.165) is 31.1 Å². The summed E-state index contributed by atoms with van der Waals surface area (Å²) >= 11 is 4.84. The molecule has 0 unspecified atom stereocenters. The molecule has 0 spiro atoms. The van der Waals surface area contributed by atoms with Crippen molar-refractivity contribution < 1.29 is 9.37 Å². The number of hydrogen-bond acceptors (Lipinski definition) is 5. The average molecular weight is 412 g/mol. The van der Waals surface area contributed by atoms with Crippen LogP contribution in [-0.2, 0) is 11.3 Å². The molecule has 2 aliphatic heterocycles. The van der Waals surface area contributed by atoms with Gasteiger partial charge < -0.3 is 4.90 Å². The van der Waals surface area contributed by atoms with E-state index in [1.54, 1.807) is 35.3 Å². The first-order chi connectivity index (χ1) is 13.2. The van der Waals surface area contributed by atoms with Crippen LogP contribution in [0.15, 0.2) is 76.0 Å². The number of nitrogens with zero attached hydrogens (tertiary/aromatic N) is 2. The van der Waals surface area contributed by atoms with Gasteiger partial charge in [-0.05, 0) is 11.8 Å². The first-order valence-corrected chi connectivity index (χ1v) is 11.5. The number of carbonyl (C=O) groups excluding carboxylic acids is 1. The third kappa shape index (κ3) is 3.61. The van der Waals surface area contributed by atoms with E-state index in [-0.39, 0.29) is 5.91 Å². The van der Waals surface area contributed by atoms with E-state index < -0.39 is 0 Å². The molecule has 0 atom stereocenters. The summed E-state index contributed by atoms with van der Waals surface area (Å²) in [6.45, 7) is 0.604. The molecular weight excluding hydrogens is 392 g/mol. The summed E-state index contributed by atoms with van der Waals surface area (Å²) < 4.78 is 2.93. The van der Waals surface area contributed by atoms with Crippen LogP contribution in [0.1, 0.15) is 11.1 Å². The summed E-state index contributed by atoms with van der Waals surface area (Å²) in [5.74, 6) is 0.0882. The van der Waals surface area contributed by atoms with Crippen LogP contribution in [0.2, 0.25) is 0 Å². The molecule has 3 nitrogen and oxygen atoms in total. The van der Waals surface area contributed by atoms with Gasteiger partial charge in [0.05, 0.1) is 5.70 Å². The lowest BCUT2D eigenvalue weighted by atomic mass is 10.1. The van der Waals surface area contributed by atoms with Crippen LogP contribution in [-0.4, -0.2) is 33.1 Å². The van der Waals surface area contributed by atoms with Gasteiger partial charge in [-0.3, -0.25) is 0 Å². The molecule has 4 rings (SSSR count). The van der Waals surface area contributed by atoms with Crippen molar-refractivity contribution in [1.29, 1.82) is 0 Å². The van der Waals surface area contributed by atoms with Gasteiger partial charge in [-0.15, -0.1) is 4.58 Å². The molecule has 2 aliphatic rings. The van der Waals surface area contributed by atoms with Crippen molar-refractivity contribution in [2.45, 2.75) is 6.54 Å². The second-order valence-electron chi connectivity index (χ2n) is 6.13. The lowest BCUT2D eigenvalue weighted by Crippen LogP contribution is -2.21. The van der Waals surface area contributed by atoms with Crippen LogP contribution < -0.4 is 0 Å². The predicted octanol–water partition coefficient (Wildman–Crippen LogP) is 5.04. The molecule has 0 bridgehead atoms. The number of thioether (sulfide) groups is 3. The minimum Gasteiger partial charge on any atom is -0.337 e. The molecule has 0 aromatic heterocycles. The number of benzene rings is 2. The second kappa shape index (κ2) is 8.00. The topological polar surface area (TPSA) is 23.3 Å². The van der Waals surface area contributed by atoms with Gasteiger partial charge in [0.1, 0.15) is 5.03 Å². The summed E-state index contributed by atoms with van der Waals surface area (Å²) in [5.41, 5.74) is 3.43. The molecule has 2 aromatic carbocycles. The zero-order valence-electron chi connectivity index (χ0n) is 15.1. The quantitative estimate of drug-likeness (QED) is 0.520. The lowest BCUT2D eigenvalue weighted by molar-refractivity contribution is -0.453. The third-order valence-electron chi connectivity index (χ3n) is 4.42. The summed E-state index contributed by atoms with van der Waals surface area (Å²) in [6, 6.07) is 20.4. The molecule has 0 N–H and O–H groups in total. The molecule has 136 valence electrons. The fourth-order valence-electron chi connectivity index (χ4n) is 3.04. The van der Waals surface area contributed by atoms with Gasteiger partial charge in [-0.1, -0.05) is 84.2 Å². The number of hydrogen-bond donors (Lipinski definition) is 0. The first kappa shape index (κ1) is 18.5. The van der Waals surface area contributed by atoms with Crippen molar-refractivity contribution in [3.63, 3.8) is 0 Å². The molecule has 0 saturated heterocycles. The van der Waals surface area contributed by atoms with Gasteiger partial charge in [0.2, 0.25) is 0 Å². The standard InChI is InChI=1S/C21H19N2OS3/c1-22-17(16-11-7-4-8-12-16)14-26-20(22)18-19(24)23(21(25-2)27-18)13-15-9-5-3-6-10-15/h3-12,14H,13H2,1-2H3/q+1/b20-18-. The minimum absolute atomic E-state index is 0.0882. The summed E-state index contributed by atoms with van der Waals surface area (Å²) in [4.78, 5) is 16.1. The Balaban J connectivity index is 1.62. The van der Waals surface area contributed by atoms with Gasteiger partial charge in [-0.2, -0.15) is 0 Å². The normalized spacial score (nSPS) is 19.9. The largest absolute Gasteiger partial charge is 0.430 e. The molecule has 27 heavy (non-hydrogen) atoms. The molecule has 0 aliphatic carbocycles. The Morgan fingerprint density at radius 1 is 1.04 bits per heavy atom. The monoisotopic (exact) mass is 411 g/mol. The Morgan fingerprint density at radius 3 is 2.37 bits per heavy atom. The number of amides is 1. The van der Waals surface area contributed by atoms with E-state index in [0.29, 0.717) is 6.54 Å². The summed E-state index contributed by atoms with van der Waals surface area (Å²) in [7, 11) is 2.04. The van der Waals surface area contributed by atoms with E-state index >= 15 is 0 Å². The SMILES string of the molecule is CSC1=[N+](Cc2ccccc2)C(=O)/C(=C2/SC=C(c3ccccc3)N2C)S1. The van der Waals surface area contributed by atoms with E-state index in [1.807, 2.05) is 54.3 Å². The number of rotatable bonds is 3. The molecule has 6 heteroatoms. The molecule has 1 amide bonds. The van der Waals surface area contributed by atoms with Crippen molar-refractivity contribution >= 4 is 51.3 Å². The van der Waals surface area contributed by atoms with Crippen molar-refractivity contribution in [1.82, 2.24) is 4.90 Å². The third-order valence-corrected chi connectivity index (χ3v) is 7.88. The minimum atomic E-state index is 0.0882. The van der Waals surface area contributed by atoms with Crippen LogP contribution in [0.25, 0.3) is 5.70 Å². The van der Waals surface area contributed by atoms with Crippen molar-refractivity contribution in [3.8, 4) is 0 Å². The van der Waals surface area contributed by atoms with Crippen molar-refractivity contribution in [2.24, 2.45) is 0 Å². The Morgan fingerprint density at radius 2 is 1.70 bits per heavy atom. The maximum atomic E-state index is 13.2. The van der Waals surface area contributed by atoms with Crippen LogP contribution >= 0.6 is 35.3 Å². The Bertz CT molecular complexity index is 965. The Kier molecular flexibility index (Phi) is 5.48. The molecule has 0 fully saturated rings. The molecule has 0 saturated carbocycles. The van der Waals surface area contributed by atoms with Crippen LogP contribution in [0.5, 0.6) is 0 Å². The highest BCUT2D eigenvalue weighted by molar-refractivity contribution is 8.40. The average Bonchev–Trinajstić information content (AvgIpc) is 3.23. The van der Waals surface area contributed by atoms with E-state index in [2.05, 4.69) is 34.6 Å². The van der Waals surface area contributed by atoms with Crippen molar-refractivity contribution in [3.05, 3.63) is 87.1 Å². The fraction of sp³-hybridized carbons (Fsp3) is 0.143. The van der Waals surface area contributed by atoms with Gasteiger partial charge in [-0.25, -0.2) is 4.79 Å². The highest BCUT2D eigenvalue weighted by Crippen LogP contribution is 2.45. The molecule has 2 aromatic rings. The predicted molar refractivity (Wildman–Crippen MR) is 118 cm³/mol. The fourth-order valence-corrected chi connectivity index (χ4v) is 6.08. The van der Waals surface area contributed by atoms with Crippen LogP contribution in [0.4, 0.5) is 0 Å². The zero-order chi connectivity index (χ0) is 18.8. The van der Waals surface area contributed by atoms with E-state index in [9.17, 15) is 4.79 Å². The van der Waals surface area contributed by atoms with Gasteiger partial charge in [0, 0.05) is 29.8 Å². The van der Waals surface area contributed by atoms with E-state index in [4.69, 9.17) is 0 Å². The summed E-state index contributed by atoms with van der Waals surface area (Å²) in [6.07, 6.45) is 2.03. The number of carbonyl (C=O) groups is 1. The second-order valence-corrected chi connectivity index (χ2v) is 9.04. The van der Waals surface area contributed by atoms with Crippen molar-refractivity contribution in [2.75, 3.05) is 13.3 Å². The molecule has 0 radical (unpaired) electrons. The maximum Gasteiger partial charge on any atom is 0.430 e. The van der Waals surface area contributed by atoms with Gasteiger partial charge in [0.25, 0.3) is 4.38 Å². The Labute approximate surface area is 172 Å². The first-order valence-electron chi connectivity index (χ1n) is 8.54.